The number of aromatic nitrogens is 3. The summed E-state index contributed by atoms with van der Waals surface area (Å²) in [6.07, 6.45) is 2.77. The number of nitrogens with zero attached hydrogens (tertiary/aromatic N) is 3. The van der Waals surface area contributed by atoms with E-state index in [4.69, 9.17) is 9.47 Å². The third-order valence-electron chi connectivity index (χ3n) is 4.27. The van der Waals surface area contributed by atoms with Crippen LogP contribution in [0.5, 0.6) is 5.75 Å². The van der Waals surface area contributed by atoms with E-state index in [1.165, 1.54) is 37.6 Å². The van der Waals surface area contributed by atoms with Crippen molar-refractivity contribution in [2.75, 3.05) is 19.5 Å². The van der Waals surface area contributed by atoms with Gasteiger partial charge in [0, 0.05) is 17.8 Å². The number of carbonyl (C=O) groups is 3. The molecule has 0 aliphatic rings. The standard InChI is InChI=1S/C21H21N5O5/c1-30-18-5-3-4-15(9-18)20(28)25-17-7-14(6-16(8-17)21(29)31-2)10-23-19(27)11-26-13-22-12-24-26/h3-9,12-13H,10-11H2,1-2H3,(H,23,27)(H,25,28). The van der Waals surface area contributed by atoms with Crippen molar-refractivity contribution in [1.29, 1.82) is 0 Å². The van der Waals surface area contributed by atoms with E-state index in [2.05, 4.69) is 20.7 Å². The van der Waals surface area contributed by atoms with Gasteiger partial charge in [-0.1, -0.05) is 6.07 Å². The Morgan fingerprint density at radius 2 is 1.90 bits per heavy atom. The van der Waals surface area contributed by atoms with Crippen molar-refractivity contribution in [3.05, 3.63) is 71.8 Å². The Bertz CT molecular complexity index is 1080. The maximum Gasteiger partial charge on any atom is 0.337 e. The van der Waals surface area contributed by atoms with Crippen LogP contribution in [-0.4, -0.2) is 46.8 Å². The topological polar surface area (TPSA) is 124 Å². The molecule has 2 aromatic carbocycles. The molecule has 2 amide bonds. The van der Waals surface area contributed by atoms with E-state index in [9.17, 15) is 14.4 Å². The van der Waals surface area contributed by atoms with Gasteiger partial charge in [0.25, 0.3) is 5.91 Å². The number of ether oxygens (including phenoxy) is 2. The minimum atomic E-state index is -0.562. The van der Waals surface area contributed by atoms with Gasteiger partial charge in [0.15, 0.2) is 0 Å². The first-order chi connectivity index (χ1) is 15.0. The van der Waals surface area contributed by atoms with Crippen LogP contribution in [0.3, 0.4) is 0 Å². The van der Waals surface area contributed by atoms with Gasteiger partial charge >= 0.3 is 5.97 Å². The summed E-state index contributed by atoms with van der Waals surface area (Å²) < 4.78 is 11.3. The molecule has 0 aliphatic carbocycles. The number of hydrogen-bond acceptors (Lipinski definition) is 7. The smallest absolute Gasteiger partial charge is 0.337 e. The van der Waals surface area contributed by atoms with E-state index in [1.54, 1.807) is 36.4 Å². The minimum Gasteiger partial charge on any atom is -0.497 e. The fraction of sp³-hybridized carbons (Fsp3) is 0.190. The summed E-state index contributed by atoms with van der Waals surface area (Å²) >= 11 is 0. The lowest BCUT2D eigenvalue weighted by Crippen LogP contribution is -2.27. The van der Waals surface area contributed by atoms with Gasteiger partial charge in [-0.3, -0.25) is 9.59 Å². The molecular formula is C21H21N5O5. The van der Waals surface area contributed by atoms with Gasteiger partial charge in [0.05, 0.1) is 19.8 Å². The predicted octanol–water partition coefficient (Wildman–Crippen LogP) is 1.64. The first kappa shape index (κ1) is 21.5. The zero-order valence-electron chi connectivity index (χ0n) is 17.0. The molecular weight excluding hydrogens is 402 g/mol. The number of anilines is 1. The Morgan fingerprint density at radius 3 is 2.61 bits per heavy atom. The molecule has 1 aromatic heterocycles. The van der Waals surface area contributed by atoms with Crippen LogP contribution < -0.4 is 15.4 Å². The third-order valence-corrected chi connectivity index (χ3v) is 4.27. The highest BCUT2D eigenvalue weighted by atomic mass is 16.5. The highest BCUT2D eigenvalue weighted by Crippen LogP contribution is 2.19. The monoisotopic (exact) mass is 423 g/mol. The SMILES string of the molecule is COC(=O)c1cc(CNC(=O)Cn2cncn2)cc(NC(=O)c2cccc(OC)c2)c1. The quantitative estimate of drug-likeness (QED) is 0.528. The largest absolute Gasteiger partial charge is 0.497 e. The van der Waals surface area contributed by atoms with Crippen molar-refractivity contribution in [2.24, 2.45) is 0 Å². The number of benzene rings is 2. The van der Waals surface area contributed by atoms with Gasteiger partial charge in [-0.2, -0.15) is 5.10 Å². The Kier molecular flexibility index (Phi) is 6.94. The molecule has 1 heterocycles. The Morgan fingerprint density at radius 1 is 1.06 bits per heavy atom. The molecule has 3 rings (SSSR count). The molecule has 0 saturated carbocycles. The lowest BCUT2D eigenvalue weighted by atomic mass is 10.1. The van der Waals surface area contributed by atoms with Crippen molar-refractivity contribution in [3.63, 3.8) is 0 Å². The van der Waals surface area contributed by atoms with E-state index < -0.39 is 5.97 Å². The minimum absolute atomic E-state index is 0.0100. The highest BCUT2D eigenvalue weighted by molar-refractivity contribution is 6.05. The Hall–Kier alpha value is -4.21. The van der Waals surface area contributed by atoms with Crippen LogP contribution >= 0.6 is 0 Å². The fourth-order valence-corrected chi connectivity index (χ4v) is 2.79. The summed E-state index contributed by atoms with van der Waals surface area (Å²) in [5.74, 6) is -0.669. The summed E-state index contributed by atoms with van der Waals surface area (Å²) in [6.45, 7) is 0.149. The van der Waals surface area contributed by atoms with Crippen LogP contribution in [-0.2, 0) is 22.6 Å². The van der Waals surface area contributed by atoms with E-state index in [0.29, 0.717) is 22.6 Å². The van der Waals surface area contributed by atoms with Gasteiger partial charge in [-0.25, -0.2) is 14.5 Å². The molecule has 31 heavy (non-hydrogen) atoms. The van der Waals surface area contributed by atoms with E-state index in [-0.39, 0.29) is 30.5 Å². The number of nitrogens with one attached hydrogen (secondary N) is 2. The maximum atomic E-state index is 12.6. The number of esters is 1. The average Bonchev–Trinajstić information content (AvgIpc) is 3.30. The van der Waals surface area contributed by atoms with Gasteiger partial charge in [-0.05, 0) is 42.0 Å². The highest BCUT2D eigenvalue weighted by Gasteiger charge is 2.13. The van der Waals surface area contributed by atoms with E-state index >= 15 is 0 Å². The first-order valence-electron chi connectivity index (χ1n) is 9.25. The second-order valence-corrected chi connectivity index (χ2v) is 6.47. The van der Waals surface area contributed by atoms with E-state index in [0.717, 1.165) is 0 Å². The van der Waals surface area contributed by atoms with Crippen molar-refractivity contribution in [3.8, 4) is 5.75 Å². The molecule has 0 unspecified atom stereocenters. The second-order valence-electron chi connectivity index (χ2n) is 6.47. The first-order valence-corrected chi connectivity index (χ1v) is 9.25. The van der Waals surface area contributed by atoms with Crippen LogP contribution in [0.15, 0.2) is 55.1 Å². The van der Waals surface area contributed by atoms with Crippen molar-refractivity contribution < 1.29 is 23.9 Å². The summed E-state index contributed by atoms with van der Waals surface area (Å²) in [6, 6.07) is 11.4. The molecule has 160 valence electrons. The Labute approximate surface area is 178 Å². The molecule has 0 bridgehead atoms. The van der Waals surface area contributed by atoms with Crippen molar-refractivity contribution in [1.82, 2.24) is 20.1 Å². The number of amides is 2. The molecule has 0 spiro atoms. The van der Waals surface area contributed by atoms with Gasteiger partial charge < -0.3 is 20.1 Å². The second kappa shape index (κ2) is 10.0. The van der Waals surface area contributed by atoms with Crippen LogP contribution in [0, 0.1) is 0 Å². The summed E-state index contributed by atoms with van der Waals surface area (Å²) in [7, 11) is 2.78. The average molecular weight is 423 g/mol. The fourth-order valence-electron chi connectivity index (χ4n) is 2.79. The summed E-state index contributed by atoms with van der Waals surface area (Å²) in [5.41, 5.74) is 1.63. The molecule has 0 aliphatic heterocycles. The molecule has 0 atom stereocenters. The lowest BCUT2D eigenvalue weighted by Gasteiger charge is -2.12. The summed E-state index contributed by atoms with van der Waals surface area (Å²) in [5, 5.41) is 9.37. The molecule has 10 heteroatoms. The number of carbonyl (C=O) groups excluding carboxylic acids is 3. The third kappa shape index (κ3) is 5.89. The van der Waals surface area contributed by atoms with Gasteiger partial charge in [-0.15, -0.1) is 0 Å². The molecule has 0 fully saturated rings. The predicted molar refractivity (Wildman–Crippen MR) is 111 cm³/mol. The molecule has 3 aromatic rings. The van der Waals surface area contributed by atoms with Crippen LogP contribution in [0.4, 0.5) is 5.69 Å². The zero-order valence-corrected chi connectivity index (χ0v) is 17.0. The number of methoxy groups -OCH3 is 2. The lowest BCUT2D eigenvalue weighted by molar-refractivity contribution is -0.122. The molecule has 0 saturated heterocycles. The molecule has 2 N–H and O–H groups in total. The maximum absolute atomic E-state index is 12.6. The Balaban J connectivity index is 1.75. The summed E-state index contributed by atoms with van der Waals surface area (Å²) in [4.78, 5) is 40.5. The molecule has 10 nitrogen and oxygen atoms in total. The van der Waals surface area contributed by atoms with Crippen LogP contribution in [0.2, 0.25) is 0 Å². The number of rotatable bonds is 8. The van der Waals surface area contributed by atoms with Gasteiger partial charge in [0.1, 0.15) is 24.9 Å². The van der Waals surface area contributed by atoms with Crippen LogP contribution in [0.25, 0.3) is 0 Å². The van der Waals surface area contributed by atoms with E-state index in [1.807, 2.05) is 0 Å². The van der Waals surface area contributed by atoms with Crippen molar-refractivity contribution >= 4 is 23.5 Å². The normalized spacial score (nSPS) is 10.3. The van der Waals surface area contributed by atoms with Crippen molar-refractivity contribution in [2.45, 2.75) is 13.1 Å². The zero-order chi connectivity index (χ0) is 22.2. The van der Waals surface area contributed by atoms with Gasteiger partial charge in [0.2, 0.25) is 5.91 Å². The van der Waals surface area contributed by atoms with Crippen LogP contribution in [0.1, 0.15) is 26.3 Å². The molecule has 0 radical (unpaired) electrons. The number of hydrogen-bond donors (Lipinski definition) is 2.